The van der Waals surface area contributed by atoms with E-state index in [0.717, 1.165) is 11.3 Å². The molecule has 1 aromatic heterocycles. The summed E-state index contributed by atoms with van der Waals surface area (Å²) in [6.45, 7) is 0.933. The number of benzene rings is 2. The van der Waals surface area contributed by atoms with Crippen LogP contribution in [0.2, 0.25) is 0 Å². The summed E-state index contributed by atoms with van der Waals surface area (Å²) >= 11 is 0. The first-order chi connectivity index (χ1) is 12.6. The molecule has 0 radical (unpaired) electrons. The van der Waals surface area contributed by atoms with Crippen LogP contribution in [0.25, 0.3) is 0 Å². The van der Waals surface area contributed by atoms with Crippen molar-refractivity contribution in [3.8, 4) is 6.07 Å². The topological polar surface area (TPSA) is 66.1 Å². The smallest absolute Gasteiger partial charge is 0.245 e. The molecule has 0 N–H and O–H groups in total. The molecule has 0 fully saturated rings. The van der Waals surface area contributed by atoms with Gasteiger partial charge in [0, 0.05) is 25.0 Å². The Hall–Kier alpha value is -2.88. The number of hydrogen-bond donors (Lipinski definition) is 0. The van der Waals surface area contributed by atoms with E-state index in [-0.39, 0.29) is 10.5 Å². The Bertz CT molecular complexity index is 1080. The van der Waals surface area contributed by atoms with Crippen molar-refractivity contribution in [1.82, 2.24) is 8.87 Å². The van der Waals surface area contributed by atoms with E-state index in [1.54, 1.807) is 12.1 Å². The maximum absolute atomic E-state index is 13.4. The zero-order chi connectivity index (χ0) is 18.1. The number of sulfonamides is 1. The lowest BCUT2D eigenvalue weighted by Crippen LogP contribution is -2.42. The molecule has 1 unspecified atom stereocenters. The van der Waals surface area contributed by atoms with Crippen LogP contribution in [-0.2, 0) is 16.6 Å². The van der Waals surface area contributed by atoms with Gasteiger partial charge in [-0.05, 0) is 29.8 Å². The van der Waals surface area contributed by atoms with Gasteiger partial charge in [-0.2, -0.15) is 9.57 Å². The number of nitriles is 1. The molecule has 1 aliphatic rings. The quantitative estimate of drug-likeness (QED) is 0.718. The molecule has 0 aliphatic carbocycles. The minimum absolute atomic E-state index is 0.0587. The molecule has 2 aromatic carbocycles. The highest BCUT2D eigenvalue weighted by Gasteiger charge is 2.38. The Morgan fingerprint density at radius 3 is 2.42 bits per heavy atom. The molecule has 0 saturated heterocycles. The van der Waals surface area contributed by atoms with Gasteiger partial charge in [0.05, 0.1) is 16.5 Å². The van der Waals surface area contributed by atoms with E-state index in [9.17, 15) is 13.7 Å². The van der Waals surface area contributed by atoms with Crippen LogP contribution in [0.3, 0.4) is 0 Å². The summed E-state index contributed by atoms with van der Waals surface area (Å²) in [5.41, 5.74) is 2.01. The monoisotopic (exact) mass is 363 g/mol. The Balaban J connectivity index is 1.89. The predicted octanol–water partition coefficient (Wildman–Crippen LogP) is 3.15. The number of fused-ring (bicyclic) bond motifs is 1. The van der Waals surface area contributed by atoms with Crippen molar-refractivity contribution in [1.29, 1.82) is 5.26 Å². The number of rotatable bonds is 3. The van der Waals surface area contributed by atoms with E-state index < -0.39 is 16.1 Å². The third-order valence-corrected chi connectivity index (χ3v) is 6.63. The summed E-state index contributed by atoms with van der Waals surface area (Å²) in [5.74, 6) is 0. The standard InChI is InChI=1S/C20H17N3O2S/c21-15-17-9-4-5-11-19(17)26(24,25)23-14-13-22-12-6-10-18(22)20(23)16-7-2-1-3-8-16/h1-12,20H,13-14H2. The molecule has 0 amide bonds. The molecule has 0 saturated carbocycles. The van der Waals surface area contributed by atoms with Crippen molar-refractivity contribution in [3.63, 3.8) is 0 Å². The van der Waals surface area contributed by atoms with Gasteiger partial charge in [-0.1, -0.05) is 42.5 Å². The summed E-state index contributed by atoms with van der Waals surface area (Å²) in [5, 5.41) is 9.35. The third kappa shape index (κ3) is 2.62. The minimum atomic E-state index is -3.83. The SMILES string of the molecule is N#Cc1ccccc1S(=O)(=O)N1CCn2cccc2C1c1ccccc1. The molecule has 5 nitrogen and oxygen atoms in total. The largest absolute Gasteiger partial charge is 0.348 e. The molecule has 130 valence electrons. The second kappa shape index (κ2) is 6.45. The first-order valence-corrected chi connectivity index (χ1v) is 9.78. The Morgan fingerprint density at radius 1 is 0.923 bits per heavy atom. The van der Waals surface area contributed by atoms with Gasteiger partial charge in [0.2, 0.25) is 10.0 Å². The lowest BCUT2D eigenvalue weighted by Gasteiger charge is -2.36. The molecular weight excluding hydrogens is 346 g/mol. The van der Waals surface area contributed by atoms with Gasteiger partial charge in [0.15, 0.2) is 0 Å². The summed E-state index contributed by atoms with van der Waals surface area (Å²) in [7, 11) is -3.83. The van der Waals surface area contributed by atoms with Crippen molar-refractivity contribution in [2.75, 3.05) is 6.54 Å². The van der Waals surface area contributed by atoms with Crippen molar-refractivity contribution in [2.24, 2.45) is 0 Å². The van der Waals surface area contributed by atoms with E-state index in [0.29, 0.717) is 13.1 Å². The van der Waals surface area contributed by atoms with Crippen LogP contribution in [0.1, 0.15) is 22.9 Å². The molecule has 1 aliphatic heterocycles. The van der Waals surface area contributed by atoms with Gasteiger partial charge in [-0.15, -0.1) is 0 Å². The van der Waals surface area contributed by atoms with E-state index in [4.69, 9.17) is 0 Å². The van der Waals surface area contributed by atoms with Crippen molar-refractivity contribution in [3.05, 3.63) is 89.7 Å². The lowest BCUT2D eigenvalue weighted by atomic mass is 10.0. The highest BCUT2D eigenvalue weighted by Crippen LogP contribution is 2.36. The summed E-state index contributed by atoms with van der Waals surface area (Å²) in [6, 6.07) is 21.4. The van der Waals surface area contributed by atoms with Crippen molar-refractivity contribution in [2.45, 2.75) is 17.5 Å². The van der Waals surface area contributed by atoms with Crippen LogP contribution < -0.4 is 0 Å². The second-order valence-electron chi connectivity index (χ2n) is 6.16. The first kappa shape index (κ1) is 16.6. The molecule has 0 spiro atoms. The maximum atomic E-state index is 13.4. The van der Waals surface area contributed by atoms with Crippen molar-refractivity contribution >= 4 is 10.0 Å². The molecule has 6 heteroatoms. The van der Waals surface area contributed by atoms with E-state index in [1.165, 1.54) is 16.4 Å². The normalized spacial score (nSPS) is 17.4. The Labute approximate surface area is 152 Å². The minimum Gasteiger partial charge on any atom is -0.348 e. The Morgan fingerprint density at radius 2 is 1.65 bits per heavy atom. The van der Waals surface area contributed by atoms with Gasteiger partial charge in [0.25, 0.3) is 0 Å². The van der Waals surface area contributed by atoms with Crippen molar-refractivity contribution < 1.29 is 8.42 Å². The fraction of sp³-hybridized carbons (Fsp3) is 0.150. The summed E-state index contributed by atoms with van der Waals surface area (Å²) < 4.78 is 30.5. The summed E-state index contributed by atoms with van der Waals surface area (Å²) in [4.78, 5) is 0.0587. The predicted molar refractivity (Wildman–Crippen MR) is 97.8 cm³/mol. The first-order valence-electron chi connectivity index (χ1n) is 8.34. The zero-order valence-corrected chi connectivity index (χ0v) is 14.8. The molecule has 0 bridgehead atoms. The van der Waals surface area contributed by atoms with Gasteiger partial charge in [-0.3, -0.25) is 0 Å². The van der Waals surface area contributed by atoms with Crippen LogP contribution >= 0.6 is 0 Å². The number of aromatic nitrogens is 1. The average molecular weight is 363 g/mol. The lowest BCUT2D eigenvalue weighted by molar-refractivity contribution is 0.298. The van der Waals surface area contributed by atoms with Gasteiger partial charge in [-0.25, -0.2) is 8.42 Å². The van der Waals surface area contributed by atoms with Crippen LogP contribution in [0.5, 0.6) is 0 Å². The fourth-order valence-electron chi connectivity index (χ4n) is 3.50. The number of nitrogens with zero attached hydrogens (tertiary/aromatic N) is 3. The van der Waals surface area contributed by atoms with Gasteiger partial charge >= 0.3 is 0 Å². The van der Waals surface area contributed by atoms with E-state index in [2.05, 4.69) is 4.57 Å². The van der Waals surface area contributed by atoms with Gasteiger partial charge in [0.1, 0.15) is 6.07 Å². The van der Waals surface area contributed by atoms with Crippen LogP contribution in [-0.4, -0.2) is 23.8 Å². The van der Waals surface area contributed by atoms with Crippen LogP contribution in [0, 0.1) is 11.3 Å². The average Bonchev–Trinajstić information content (AvgIpc) is 3.16. The highest BCUT2D eigenvalue weighted by molar-refractivity contribution is 7.89. The Kier molecular flexibility index (Phi) is 4.11. The molecule has 4 rings (SSSR count). The molecule has 2 heterocycles. The molecule has 3 aromatic rings. The van der Waals surface area contributed by atoms with E-state index >= 15 is 0 Å². The molecular formula is C20H17N3O2S. The third-order valence-electron chi connectivity index (χ3n) is 4.70. The molecule has 26 heavy (non-hydrogen) atoms. The van der Waals surface area contributed by atoms with Gasteiger partial charge < -0.3 is 4.57 Å². The zero-order valence-electron chi connectivity index (χ0n) is 14.0. The van der Waals surface area contributed by atoms with Crippen LogP contribution in [0.4, 0.5) is 0 Å². The highest BCUT2D eigenvalue weighted by atomic mass is 32.2. The fourth-order valence-corrected chi connectivity index (χ4v) is 5.23. The number of hydrogen-bond acceptors (Lipinski definition) is 3. The van der Waals surface area contributed by atoms with E-state index in [1.807, 2.05) is 54.7 Å². The van der Waals surface area contributed by atoms with Crippen LogP contribution in [0.15, 0.2) is 77.8 Å². The molecule has 1 atom stereocenters. The maximum Gasteiger partial charge on any atom is 0.245 e. The summed E-state index contributed by atoms with van der Waals surface area (Å²) in [6.07, 6.45) is 1.97. The second-order valence-corrected chi connectivity index (χ2v) is 8.02.